The highest BCUT2D eigenvalue weighted by molar-refractivity contribution is 5.91. The number of amides is 2. The van der Waals surface area contributed by atoms with Crippen LogP contribution >= 0.6 is 0 Å². The minimum absolute atomic E-state index is 0.00784. The van der Waals surface area contributed by atoms with Gasteiger partial charge in [-0.25, -0.2) is 4.79 Å². The fourth-order valence-electron chi connectivity index (χ4n) is 2.52. The molecule has 0 aromatic heterocycles. The Morgan fingerprint density at radius 1 is 1.40 bits per heavy atom. The molecule has 2 amide bonds. The maximum absolute atomic E-state index is 12.1. The number of carboxylic acids is 1. The molecular formula is C14H22N2O4. The molecule has 1 aliphatic carbocycles. The molecule has 2 aliphatic rings. The van der Waals surface area contributed by atoms with E-state index in [1.807, 2.05) is 0 Å². The van der Waals surface area contributed by atoms with E-state index in [1.165, 1.54) is 0 Å². The van der Waals surface area contributed by atoms with Crippen LogP contribution in [-0.2, 0) is 14.4 Å². The molecule has 1 saturated heterocycles. The minimum atomic E-state index is -1.03. The van der Waals surface area contributed by atoms with E-state index in [1.54, 1.807) is 18.7 Å². The molecule has 0 spiro atoms. The van der Waals surface area contributed by atoms with Gasteiger partial charge < -0.3 is 15.3 Å². The SMILES string of the molecule is CC(C)[C@@H](NC(=O)C1CC(=O)N(CC2CC2)C1)C(=O)O. The molecule has 0 bridgehead atoms. The van der Waals surface area contributed by atoms with Crippen LogP contribution < -0.4 is 5.32 Å². The van der Waals surface area contributed by atoms with Gasteiger partial charge in [0.15, 0.2) is 0 Å². The largest absolute Gasteiger partial charge is 0.480 e. The maximum atomic E-state index is 12.1. The molecule has 0 radical (unpaired) electrons. The number of hydrogen-bond donors (Lipinski definition) is 2. The number of hydrogen-bond acceptors (Lipinski definition) is 3. The molecule has 112 valence electrons. The van der Waals surface area contributed by atoms with Crippen molar-refractivity contribution in [1.82, 2.24) is 10.2 Å². The van der Waals surface area contributed by atoms with Gasteiger partial charge in [-0.15, -0.1) is 0 Å². The van der Waals surface area contributed by atoms with Crippen LogP contribution in [0.3, 0.4) is 0 Å². The van der Waals surface area contributed by atoms with Crippen molar-refractivity contribution in [1.29, 1.82) is 0 Å². The molecular weight excluding hydrogens is 260 g/mol. The smallest absolute Gasteiger partial charge is 0.326 e. The molecule has 1 aliphatic heterocycles. The molecule has 2 N–H and O–H groups in total. The van der Waals surface area contributed by atoms with E-state index in [9.17, 15) is 14.4 Å². The number of nitrogens with zero attached hydrogens (tertiary/aromatic N) is 1. The van der Waals surface area contributed by atoms with E-state index < -0.39 is 17.9 Å². The molecule has 2 rings (SSSR count). The van der Waals surface area contributed by atoms with Crippen molar-refractivity contribution in [2.45, 2.75) is 39.2 Å². The van der Waals surface area contributed by atoms with E-state index in [-0.39, 0.29) is 24.2 Å². The summed E-state index contributed by atoms with van der Waals surface area (Å²) in [6.07, 6.45) is 2.52. The predicted molar refractivity (Wildman–Crippen MR) is 71.8 cm³/mol. The monoisotopic (exact) mass is 282 g/mol. The molecule has 6 nitrogen and oxygen atoms in total. The number of carbonyl (C=O) groups is 3. The van der Waals surface area contributed by atoms with Crippen molar-refractivity contribution in [2.75, 3.05) is 13.1 Å². The van der Waals surface area contributed by atoms with Gasteiger partial charge in [0.05, 0.1) is 5.92 Å². The molecule has 20 heavy (non-hydrogen) atoms. The van der Waals surface area contributed by atoms with E-state index in [0.29, 0.717) is 12.5 Å². The lowest BCUT2D eigenvalue weighted by atomic mass is 10.0. The van der Waals surface area contributed by atoms with Gasteiger partial charge in [0.25, 0.3) is 0 Å². The zero-order valence-corrected chi connectivity index (χ0v) is 12.0. The van der Waals surface area contributed by atoms with Crippen LogP contribution in [0, 0.1) is 17.8 Å². The third-order valence-electron chi connectivity index (χ3n) is 3.99. The van der Waals surface area contributed by atoms with E-state index in [0.717, 1.165) is 19.4 Å². The Balaban J connectivity index is 1.89. The van der Waals surface area contributed by atoms with Gasteiger partial charge in [-0.05, 0) is 24.7 Å². The molecule has 0 aromatic rings. The quantitative estimate of drug-likeness (QED) is 0.741. The Morgan fingerprint density at radius 2 is 2.05 bits per heavy atom. The molecule has 2 atom stereocenters. The average molecular weight is 282 g/mol. The molecule has 1 heterocycles. The van der Waals surface area contributed by atoms with Gasteiger partial charge in [-0.3, -0.25) is 9.59 Å². The highest BCUT2D eigenvalue weighted by Gasteiger charge is 2.38. The summed E-state index contributed by atoms with van der Waals surface area (Å²) in [6, 6.07) is -0.893. The molecule has 2 fully saturated rings. The van der Waals surface area contributed by atoms with Crippen LogP contribution in [0.2, 0.25) is 0 Å². The highest BCUT2D eigenvalue weighted by Crippen LogP contribution is 2.32. The highest BCUT2D eigenvalue weighted by atomic mass is 16.4. The van der Waals surface area contributed by atoms with Crippen LogP contribution in [-0.4, -0.2) is 46.9 Å². The van der Waals surface area contributed by atoms with Crippen molar-refractivity contribution >= 4 is 17.8 Å². The maximum Gasteiger partial charge on any atom is 0.326 e. The number of carboxylic acid groups (broad SMARTS) is 1. The Labute approximate surface area is 118 Å². The second kappa shape index (κ2) is 5.81. The second-order valence-corrected chi connectivity index (χ2v) is 6.21. The summed E-state index contributed by atoms with van der Waals surface area (Å²) in [4.78, 5) is 36.8. The van der Waals surface area contributed by atoms with Crippen LogP contribution in [0.4, 0.5) is 0 Å². The van der Waals surface area contributed by atoms with Crippen molar-refractivity contribution in [3.8, 4) is 0 Å². The van der Waals surface area contributed by atoms with Crippen molar-refractivity contribution in [3.63, 3.8) is 0 Å². The number of likely N-dealkylation sites (tertiary alicyclic amines) is 1. The second-order valence-electron chi connectivity index (χ2n) is 6.21. The normalized spacial score (nSPS) is 24.1. The van der Waals surface area contributed by atoms with Gasteiger partial charge in [-0.1, -0.05) is 13.8 Å². The number of nitrogens with one attached hydrogen (secondary N) is 1. The molecule has 0 aromatic carbocycles. The Hall–Kier alpha value is -1.59. The van der Waals surface area contributed by atoms with Gasteiger partial charge in [0.2, 0.25) is 11.8 Å². The summed E-state index contributed by atoms with van der Waals surface area (Å²) in [5, 5.41) is 11.6. The van der Waals surface area contributed by atoms with Gasteiger partial charge in [0.1, 0.15) is 6.04 Å². The lowest BCUT2D eigenvalue weighted by Gasteiger charge is -2.20. The Bertz CT molecular complexity index is 417. The van der Waals surface area contributed by atoms with Gasteiger partial charge in [0, 0.05) is 19.5 Å². The van der Waals surface area contributed by atoms with Crippen molar-refractivity contribution in [3.05, 3.63) is 0 Å². The fraction of sp³-hybridized carbons (Fsp3) is 0.786. The lowest BCUT2D eigenvalue weighted by Crippen LogP contribution is -2.47. The zero-order valence-electron chi connectivity index (χ0n) is 12.0. The first-order chi connectivity index (χ1) is 9.38. The van der Waals surface area contributed by atoms with Crippen LogP contribution in [0.25, 0.3) is 0 Å². The summed E-state index contributed by atoms with van der Waals surface area (Å²) in [5.74, 6) is -1.35. The third-order valence-corrected chi connectivity index (χ3v) is 3.99. The molecule has 6 heteroatoms. The summed E-state index contributed by atoms with van der Waals surface area (Å²) in [5.41, 5.74) is 0. The van der Waals surface area contributed by atoms with Gasteiger partial charge >= 0.3 is 5.97 Å². The first-order valence-electron chi connectivity index (χ1n) is 7.19. The predicted octanol–water partition coefficient (Wildman–Crippen LogP) is 0.470. The summed E-state index contributed by atoms with van der Waals surface area (Å²) >= 11 is 0. The van der Waals surface area contributed by atoms with E-state index >= 15 is 0 Å². The standard InChI is InChI=1S/C14H22N2O4/c1-8(2)12(14(19)20)15-13(18)10-5-11(17)16(7-10)6-9-3-4-9/h8-10,12H,3-7H2,1-2H3,(H,15,18)(H,19,20)/t10?,12-/m1/s1. The van der Waals surface area contributed by atoms with Crippen LogP contribution in [0.1, 0.15) is 33.1 Å². The molecule has 1 unspecified atom stereocenters. The summed E-state index contributed by atoms with van der Waals surface area (Å²) < 4.78 is 0. The topological polar surface area (TPSA) is 86.7 Å². The van der Waals surface area contributed by atoms with Crippen molar-refractivity contribution in [2.24, 2.45) is 17.8 Å². The Kier molecular flexibility index (Phi) is 4.30. The van der Waals surface area contributed by atoms with Crippen LogP contribution in [0.5, 0.6) is 0 Å². The number of carbonyl (C=O) groups excluding carboxylic acids is 2. The lowest BCUT2D eigenvalue weighted by molar-refractivity contribution is -0.143. The third kappa shape index (κ3) is 3.49. The minimum Gasteiger partial charge on any atom is -0.480 e. The Morgan fingerprint density at radius 3 is 2.55 bits per heavy atom. The van der Waals surface area contributed by atoms with Gasteiger partial charge in [-0.2, -0.15) is 0 Å². The summed E-state index contributed by atoms with van der Waals surface area (Å²) in [6.45, 7) is 4.66. The number of aliphatic carboxylic acids is 1. The van der Waals surface area contributed by atoms with Crippen molar-refractivity contribution < 1.29 is 19.5 Å². The number of rotatable bonds is 6. The van der Waals surface area contributed by atoms with E-state index in [2.05, 4.69) is 5.32 Å². The summed E-state index contributed by atoms with van der Waals surface area (Å²) in [7, 11) is 0. The average Bonchev–Trinajstić information content (AvgIpc) is 3.09. The van der Waals surface area contributed by atoms with Crippen LogP contribution in [0.15, 0.2) is 0 Å². The molecule has 1 saturated carbocycles. The van der Waals surface area contributed by atoms with E-state index in [4.69, 9.17) is 5.11 Å². The zero-order chi connectivity index (χ0) is 14.9. The first-order valence-corrected chi connectivity index (χ1v) is 7.19. The first kappa shape index (κ1) is 14.8. The fourth-order valence-corrected chi connectivity index (χ4v) is 2.52.